The molecule has 2 aliphatic heterocycles. The van der Waals surface area contributed by atoms with Crippen LogP contribution in [0.2, 0.25) is 0 Å². The minimum absolute atomic E-state index is 0.0762. The Balaban J connectivity index is 1.49. The van der Waals surface area contributed by atoms with Gasteiger partial charge in [0.15, 0.2) is 5.79 Å². The largest absolute Gasteiger partial charge is 0.393 e. The molecule has 4 aliphatic carbocycles. The van der Waals surface area contributed by atoms with Crippen LogP contribution in [0.25, 0.3) is 0 Å². The van der Waals surface area contributed by atoms with Gasteiger partial charge in [-0.25, -0.2) is 0 Å². The average molecular weight is 306 g/mol. The lowest BCUT2D eigenvalue weighted by molar-refractivity contribution is -0.333. The zero-order valence-corrected chi connectivity index (χ0v) is 13.8. The van der Waals surface area contributed by atoms with Gasteiger partial charge in [-0.3, -0.25) is 0 Å². The molecule has 4 saturated carbocycles. The summed E-state index contributed by atoms with van der Waals surface area (Å²) in [7, 11) is 0. The third-order valence-corrected chi connectivity index (χ3v) is 8.94. The molecule has 0 aromatic rings. The third kappa shape index (κ3) is 1.58. The molecule has 2 N–H and O–H groups in total. The molecule has 22 heavy (non-hydrogen) atoms. The molecular weight excluding hydrogens is 276 g/mol. The maximum Gasteiger partial charge on any atom is 0.165 e. The Morgan fingerprint density at radius 1 is 0.955 bits per heavy atom. The highest BCUT2D eigenvalue weighted by Gasteiger charge is 2.65. The van der Waals surface area contributed by atoms with E-state index in [-0.39, 0.29) is 11.5 Å². The van der Waals surface area contributed by atoms with Crippen LogP contribution in [0.5, 0.6) is 0 Å². The first-order chi connectivity index (χ1) is 10.5. The van der Waals surface area contributed by atoms with Gasteiger partial charge in [0.05, 0.1) is 12.7 Å². The van der Waals surface area contributed by atoms with Crippen LogP contribution in [0.4, 0.5) is 0 Å². The molecule has 0 unspecified atom stereocenters. The van der Waals surface area contributed by atoms with Gasteiger partial charge in [-0.15, -0.1) is 0 Å². The minimum Gasteiger partial charge on any atom is -0.393 e. The van der Waals surface area contributed by atoms with Gasteiger partial charge in [-0.1, -0.05) is 6.92 Å². The quantitative estimate of drug-likeness (QED) is 0.723. The average Bonchev–Trinajstić information content (AvgIpc) is 2.82. The minimum atomic E-state index is -0.800. The fraction of sp³-hybridized carbons (Fsp3) is 1.00. The molecule has 0 aromatic heterocycles. The smallest absolute Gasteiger partial charge is 0.165 e. The number of hydrogen-bond donors (Lipinski definition) is 2. The Hall–Kier alpha value is -0.120. The SMILES string of the molecule is C[C@]12CC[C@H]3[C@@H](CC[C@H]4C[C@]5(O)CC[C@@]43CO5)[C@@H]1CC[C@@H]2O. The fourth-order valence-corrected chi connectivity index (χ4v) is 7.67. The lowest BCUT2D eigenvalue weighted by atomic mass is 9.43. The lowest BCUT2D eigenvalue weighted by Crippen LogP contribution is -2.63. The fourth-order valence-electron chi connectivity index (χ4n) is 7.67. The van der Waals surface area contributed by atoms with E-state index in [2.05, 4.69) is 6.92 Å². The monoisotopic (exact) mass is 306 g/mol. The van der Waals surface area contributed by atoms with Crippen molar-refractivity contribution in [3.63, 3.8) is 0 Å². The van der Waals surface area contributed by atoms with E-state index in [4.69, 9.17) is 4.74 Å². The van der Waals surface area contributed by atoms with Crippen LogP contribution in [-0.4, -0.2) is 28.7 Å². The van der Waals surface area contributed by atoms with E-state index < -0.39 is 5.79 Å². The molecule has 0 radical (unpaired) electrons. The normalized spacial score (nSPS) is 63.1. The molecule has 3 nitrogen and oxygen atoms in total. The topological polar surface area (TPSA) is 49.7 Å². The molecule has 6 aliphatic rings. The Kier molecular flexibility index (Phi) is 2.77. The van der Waals surface area contributed by atoms with Crippen molar-refractivity contribution >= 4 is 0 Å². The van der Waals surface area contributed by atoms with E-state index in [1.165, 1.54) is 38.5 Å². The summed E-state index contributed by atoms with van der Waals surface area (Å²) in [6, 6.07) is 0. The second kappa shape index (κ2) is 4.29. The highest BCUT2D eigenvalue weighted by molar-refractivity contribution is 5.12. The summed E-state index contributed by atoms with van der Waals surface area (Å²) in [5.41, 5.74) is 0.526. The Morgan fingerprint density at radius 3 is 2.59 bits per heavy atom. The second-order valence-electron chi connectivity index (χ2n) is 9.46. The molecule has 0 aromatic carbocycles. The molecule has 6 rings (SSSR count). The lowest BCUT2D eigenvalue weighted by Gasteiger charge is -2.65. The Morgan fingerprint density at radius 2 is 1.82 bits per heavy atom. The molecule has 2 saturated heterocycles. The highest BCUT2D eigenvalue weighted by Crippen LogP contribution is 2.68. The summed E-state index contributed by atoms with van der Waals surface area (Å²) in [6.45, 7) is 3.15. The van der Waals surface area contributed by atoms with Crippen LogP contribution in [0, 0.1) is 34.5 Å². The summed E-state index contributed by atoms with van der Waals surface area (Å²) >= 11 is 0. The van der Waals surface area contributed by atoms with Crippen molar-refractivity contribution < 1.29 is 14.9 Å². The molecule has 1 spiro atoms. The Labute approximate surface area is 133 Å². The van der Waals surface area contributed by atoms with Crippen molar-refractivity contribution in [2.45, 2.75) is 76.6 Å². The molecule has 0 amide bonds. The second-order valence-corrected chi connectivity index (χ2v) is 9.46. The van der Waals surface area contributed by atoms with E-state index in [9.17, 15) is 10.2 Å². The molecule has 8 atom stereocenters. The number of fused-ring (bicyclic) bond motifs is 5. The number of hydrogen-bond acceptors (Lipinski definition) is 3. The van der Waals surface area contributed by atoms with Crippen LogP contribution >= 0.6 is 0 Å². The number of aliphatic hydroxyl groups is 2. The van der Waals surface area contributed by atoms with Gasteiger partial charge in [-0.05, 0) is 74.0 Å². The van der Waals surface area contributed by atoms with Gasteiger partial charge < -0.3 is 14.9 Å². The summed E-state index contributed by atoms with van der Waals surface area (Å²) in [5, 5.41) is 21.0. The first-order valence-corrected chi connectivity index (χ1v) is 9.51. The van der Waals surface area contributed by atoms with Crippen molar-refractivity contribution in [2.75, 3.05) is 6.61 Å². The molecule has 3 heteroatoms. The predicted octanol–water partition coefficient (Wildman–Crippen LogP) is 3.09. The molecule has 6 fully saturated rings. The highest BCUT2D eigenvalue weighted by atomic mass is 16.6. The summed E-state index contributed by atoms with van der Waals surface area (Å²) in [6.07, 6.45) is 10.1. The third-order valence-electron chi connectivity index (χ3n) is 8.94. The van der Waals surface area contributed by atoms with Gasteiger partial charge in [-0.2, -0.15) is 0 Å². The van der Waals surface area contributed by atoms with Crippen LogP contribution in [0.15, 0.2) is 0 Å². The van der Waals surface area contributed by atoms with Crippen LogP contribution in [0.3, 0.4) is 0 Å². The van der Waals surface area contributed by atoms with E-state index in [0.29, 0.717) is 11.3 Å². The number of ether oxygens (including phenoxy) is 1. The maximum atomic E-state index is 10.5. The van der Waals surface area contributed by atoms with Crippen LogP contribution in [0.1, 0.15) is 64.7 Å². The summed E-state index contributed by atoms with van der Waals surface area (Å²) < 4.78 is 5.94. The maximum absolute atomic E-state index is 10.5. The van der Waals surface area contributed by atoms with Gasteiger partial charge in [0.2, 0.25) is 0 Å². The molecule has 2 bridgehead atoms. The van der Waals surface area contributed by atoms with Crippen LogP contribution < -0.4 is 0 Å². The van der Waals surface area contributed by atoms with Crippen molar-refractivity contribution in [3.05, 3.63) is 0 Å². The predicted molar refractivity (Wildman–Crippen MR) is 83.0 cm³/mol. The zero-order valence-electron chi connectivity index (χ0n) is 13.8. The van der Waals surface area contributed by atoms with Crippen molar-refractivity contribution in [1.29, 1.82) is 0 Å². The van der Waals surface area contributed by atoms with E-state index in [1.807, 2.05) is 0 Å². The summed E-state index contributed by atoms with van der Waals surface area (Å²) in [4.78, 5) is 0. The first kappa shape index (κ1) is 14.2. The van der Waals surface area contributed by atoms with Crippen molar-refractivity contribution in [1.82, 2.24) is 0 Å². The van der Waals surface area contributed by atoms with Gasteiger partial charge in [0.1, 0.15) is 0 Å². The van der Waals surface area contributed by atoms with Crippen LogP contribution in [-0.2, 0) is 4.74 Å². The molecule has 124 valence electrons. The van der Waals surface area contributed by atoms with Gasteiger partial charge >= 0.3 is 0 Å². The Bertz CT molecular complexity index is 481. The number of aliphatic hydroxyl groups excluding tert-OH is 1. The van der Waals surface area contributed by atoms with Crippen molar-refractivity contribution in [3.8, 4) is 0 Å². The summed E-state index contributed by atoms with van der Waals surface area (Å²) in [5.74, 6) is 2.17. The van der Waals surface area contributed by atoms with E-state index >= 15 is 0 Å². The van der Waals surface area contributed by atoms with Gasteiger partial charge in [0.25, 0.3) is 0 Å². The van der Waals surface area contributed by atoms with E-state index in [1.54, 1.807) is 0 Å². The van der Waals surface area contributed by atoms with E-state index in [0.717, 1.165) is 43.6 Å². The molecular formula is C19H30O3. The van der Waals surface area contributed by atoms with Crippen molar-refractivity contribution in [2.24, 2.45) is 34.5 Å². The standard InChI is InChI=1S/C19H30O3/c1-17-7-6-15-13(14(17)4-5-16(17)20)3-2-12-10-19(21)9-8-18(12,15)11-22-19/h12-16,20-21H,2-11H2,1H3/t12-,13-,14-,15-,16-,17-,18+,19-/m0/s1. The van der Waals surface area contributed by atoms with Gasteiger partial charge in [0, 0.05) is 18.3 Å². The zero-order chi connectivity index (χ0) is 15.2. The molecule has 2 heterocycles. The number of rotatable bonds is 0. The first-order valence-electron chi connectivity index (χ1n) is 9.51.